The van der Waals surface area contributed by atoms with Crippen molar-refractivity contribution < 1.29 is 13.3 Å². The summed E-state index contributed by atoms with van der Waals surface area (Å²) in [5, 5.41) is 19.3. The molecule has 0 aliphatic heterocycles. The first kappa shape index (κ1) is 14.0. The van der Waals surface area contributed by atoms with Crippen molar-refractivity contribution in [2.75, 3.05) is 17.6 Å². The first-order valence-electron chi connectivity index (χ1n) is 5.70. The van der Waals surface area contributed by atoms with Crippen molar-refractivity contribution in [2.24, 2.45) is 0 Å². The van der Waals surface area contributed by atoms with E-state index in [4.69, 9.17) is 0 Å². The molecule has 0 aliphatic carbocycles. The molecule has 1 aromatic carbocycles. The summed E-state index contributed by atoms with van der Waals surface area (Å²) in [7, 11) is -3.41. The summed E-state index contributed by atoms with van der Waals surface area (Å²) in [4.78, 5) is 10.3. The number of H-pyrrole nitrogens is 1. The van der Waals surface area contributed by atoms with Gasteiger partial charge in [0.1, 0.15) is 6.20 Å². The standard InChI is InChI=1S/C11H12N4O4S/c16-15(17)10-8-13-14-11(10)12-6-7-20(18,19)9-4-2-1-3-5-9/h1-5,8H,6-7H2,(H2,12,13,14). The number of hydrogen-bond acceptors (Lipinski definition) is 6. The highest BCUT2D eigenvalue weighted by molar-refractivity contribution is 7.91. The van der Waals surface area contributed by atoms with Gasteiger partial charge in [0.25, 0.3) is 0 Å². The molecule has 106 valence electrons. The zero-order valence-electron chi connectivity index (χ0n) is 10.3. The van der Waals surface area contributed by atoms with Crippen LogP contribution in [0.2, 0.25) is 0 Å². The fraction of sp³-hybridized carbons (Fsp3) is 0.182. The minimum Gasteiger partial charge on any atom is -0.364 e. The summed E-state index contributed by atoms with van der Waals surface area (Å²) >= 11 is 0. The normalized spacial score (nSPS) is 11.2. The summed E-state index contributed by atoms with van der Waals surface area (Å²) < 4.78 is 24.0. The molecule has 0 aliphatic rings. The second-order valence-electron chi connectivity index (χ2n) is 3.95. The second kappa shape index (κ2) is 5.70. The van der Waals surface area contributed by atoms with Crippen LogP contribution in [-0.4, -0.2) is 35.8 Å². The maximum absolute atomic E-state index is 12.0. The first-order valence-corrected chi connectivity index (χ1v) is 7.35. The van der Waals surface area contributed by atoms with Crippen molar-refractivity contribution >= 4 is 21.3 Å². The summed E-state index contributed by atoms with van der Waals surface area (Å²) in [6.07, 6.45) is 1.06. The third-order valence-corrected chi connectivity index (χ3v) is 4.32. The van der Waals surface area contributed by atoms with Crippen LogP contribution in [0.5, 0.6) is 0 Å². The molecule has 0 spiro atoms. The fourth-order valence-corrected chi connectivity index (χ4v) is 2.78. The minimum atomic E-state index is -3.41. The van der Waals surface area contributed by atoms with Crippen LogP contribution in [0.15, 0.2) is 41.4 Å². The third-order valence-electron chi connectivity index (χ3n) is 2.59. The number of benzene rings is 1. The Morgan fingerprint density at radius 2 is 2.00 bits per heavy atom. The van der Waals surface area contributed by atoms with Gasteiger partial charge in [0.15, 0.2) is 9.84 Å². The molecule has 0 unspecified atom stereocenters. The molecular weight excluding hydrogens is 284 g/mol. The summed E-state index contributed by atoms with van der Waals surface area (Å²) in [5.74, 6) is -0.0778. The molecule has 2 rings (SSSR count). The number of nitro groups is 1. The van der Waals surface area contributed by atoms with Crippen molar-refractivity contribution in [1.82, 2.24) is 10.2 Å². The van der Waals surface area contributed by atoms with Crippen LogP contribution in [0.4, 0.5) is 11.5 Å². The lowest BCUT2D eigenvalue weighted by molar-refractivity contribution is -0.384. The average Bonchev–Trinajstić information content (AvgIpc) is 2.88. The Bertz CT molecular complexity index is 696. The zero-order chi connectivity index (χ0) is 14.6. The predicted octanol–water partition coefficient (Wildman–Crippen LogP) is 1.20. The monoisotopic (exact) mass is 296 g/mol. The van der Waals surface area contributed by atoms with Gasteiger partial charge in [-0.05, 0) is 12.1 Å². The lowest BCUT2D eigenvalue weighted by atomic mass is 10.4. The van der Waals surface area contributed by atoms with Crippen molar-refractivity contribution in [1.29, 1.82) is 0 Å². The van der Waals surface area contributed by atoms with Crippen molar-refractivity contribution in [3.05, 3.63) is 46.6 Å². The number of sulfone groups is 1. The van der Waals surface area contributed by atoms with Gasteiger partial charge in [-0.25, -0.2) is 8.42 Å². The van der Waals surface area contributed by atoms with Gasteiger partial charge in [-0.3, -0.25) is 15.2 Å². The summed E-state index contributed by atoms with van der Waals surface area (Å²) in [6.45, 7) is 0.0419. The van der Waals surface area contributed by atoms with Crippen LogP contribution >= 0.6 is 0 Å². The first-order chi connectivity index (χ1) is 9.50. The van der Waals surface area contributed by atoms with Crippen LogP contribution in [0.25, 0.3) is 0 Å². The SMILES string of the molecule is O=[N+]([O-])c1cn[nH]c1NCCS(=O)(=O)c1ccccc1. The van der Waals surface area contributed by atoms with Crippen LogP contribution < -0.4 is 5.32 Å². The maximum atomic E-state index is 12.0. The topological polar surface area (TPSA) is 118 Å². The van der Waals surface area contributed by atoms with E-state index in [1.54, 1.807) is 18.2 Å². The molecule has 1 heterocycles. The number of aromatic amines is 1. The largest absolute Gasteiger partial charge is 0.364 e. The summed E-state index contributed by atoms with van der Waals surface area (Å²) in [5.41, 5.74) is -0.220. The molecule has 20 heavy (non-hydrogen) atoms. The molecule has 0 saturated heterocycles. The summed E-state index contributed by atoms with van der Waals surface area (Å²) in [6, 6.07) is 8.02. The Kier molecular flexibility index (Phi) is 3.99. The Balaban J connectivity index is 2.00. The van der Waals surface area contributed by atoms with E-state index in [2.05, 4.69) is 15.5 Å². The van der Waals surface area contributed by atoms with E-state index in [1.165, 1.54) is 12.1 Å². The van der Waals surface area contributed by atoms with E-state index >= 15 is 0 Å². The van der Waals surface area contributed by atoms with Gasteiger partial charge in [-0.15, -0.1) is 0 Å². The number of anilines is 1. The van der Waals surface area contributed by atoms with Crippen LogP contribution in [0.3, 0.4) is 0 Å². The molecule has 9 heteroatoms. The van der Waals surface area contributed by atoms with E-state index in [1.807, 2.05) is 0 Å². The highest BCUT2D eigenvalue weighted by Gasteiger charge is 2.17. The van der Waals surface area contributed by atoms with E-state index in [9.17, 15) is 18.5 Å². The fourth-order valence-electron chi connectivity index (χ4n) is 1.60. The van der Waals surface area contributed by atoms with Gasteiger partial charge in [-0.1, -0.05) is 18.2 Å². The van der Waals surface area contributed by atoms with E-state index in [0.29, 0.717) is 0 Å². The maximum Gasteiger partial charge on any atom is 0.330 e. The van der Waals surface area contributed by atoms with E-state index < -0.39 is 14.8 Å². The Labute approximate surface area is 114 Å². The lowest BCUT2D eigenvalue weighted by Crippen LogP contribution is -2.16. The molecule has 0 atom stereocenters. The van der Waals surface area contributed by atoms with Crippen molar-refractivity contribution in [3.8, 4) is 0 Å². The Morgan fingerprint density at radius 1 is 1.30 bits per heavy atom. The van der Waals surface area contributed by atoms with Gasteiger partial charge in [0, 0.05) is 6.54 Å². The van der Waals surface area contributed by atoms with Crippen LogP contribution in [0.1, 0.15) is 0 Å². The zero-order valence-corrected chi connectivity index (χ0v) is 11.1. The average molecular weight is 296 g/mol. The highest BCUT2D eigenvalue weighted by Crippen LogP contribution is 2.19. The lowest BCUT2D eigenvalue weighted by Gasteiger charge is -2.05. The smallest absolute Gasteiger partial charge is 0.330 e. The van der Waals surface area contributed by atoms with Crippen molar-refractivity contribution in [3.63, 3.8) is 0 Å². The van der Waals surface area contributed by atoms with Crippen LogP contribution in [-0.2, 0) is 9.84 Å². The molecule has 8 nitrogen and oxygen atoms in total. The Hall–Kier alpha value is -2.42. The number of aromatic nitrogens is 2. The van der Waals surface area contributed by atoms with Gasteiger partial charge < -0.3 is 5.32 Å². The van der Waals surface area contributed by atoms with Gasteiger partial charge in [-0.2, -0.15) is 5.10 Å². The predicted molar refractivity (Wildman–Crippen MR) is 72.2 cm³/mol. The molecule has 0 radical (unpaired) electrons. The van der Waals surface area contributed by atoms with Gasteiger partial charge >= 0.3 is 5.69 Å². The van der Waals surface area contributed by atoms with E-state index in [0.717, 1.165) is 6.20 Å². The van der Waals surface area contributed by atoms with E-state index in [-0.39, 0.29) is 28.7 Å². The Morgan fingerprint density at radius 3 is 2.65 bits per heavy atom. The second-order valence-corrected chi connectivity index (χ2v) is 6.06. The number of rotatable bonds is 6. The van der Waals surface area contributed by atoms with Crippen LogP contribution in [0, 0.1) is 10.1 Å². The quantitative estimate of drug-likeness (QED) is 0.611. The molecule has 0 bridgehead atoms. The highest BCUT2D eigenvalue weighted by atomic mass is 32.2. The van der Waals surface area contributed by atoms with Crippen molar-refractivity contribution in [2.45, 2.75) is 4.90 Å². The minimum absolute atomic E-state index is 0.0419. The number of hydrogen-bond donors (Lipinski definition) is 2. The van der Waals surface area contributed by atoms with Gasteiger partial charge in [0.2, 0.25) is 5.82 Å². The number of nitrogens with zero attached hydrogens (tertiary/aromatic N) is 2. The molecule has 1 aromatic heterocycles. The molecule has 2 aromatic rings. The molecule has 0 fully saturated rings. The molecule has 0 amide bonds. The molecule has 0 saturated carbocycles. The molecular formula is C11H12N4O4S. The third kappa shape index (κ3) is 3.12. The van der Waals surface area contributed by atoms with Gasteiger partial charge in [0.05, 0.1) is 15.6 Å². The number of nitrogens with one attached hydrogen (secondary N) is 2. The molecule has 2 N–H and O–H groups in total.